The van der Waals surface area contributed by atoms with Crippen LogP contribution in [-0.4, -0.2) is 33.9 Å². The molecule has 12 heteroatoms. The van der Waals surface area contributed by atoms with Crippen LogP contribution in [0.15, 0.2) is 60.8 Å². The van der Waals surface area contributed by atoms with Gasteiger partial charge in [0, 0.05) is 25.4 Å². The lowest BCUT2D eigenvalue weighted by atomic mass is 10.2. The summed E-state index contributed by atoms with van der Waals surface area (Å²) in [5.41, 5.74) is 3.13. The Kier molecular flexibility index (Phi) is 9.47. The molecule has 0 atom stereocenters. The number of unbranched alkanes of at least 4 members (excludes halogenated alkanes) is 1. The van der Waals surface area contributed by atoms with E-state index in [4.69, 9.17) is 33.0 Å². The molecule has 0 fully saturated rings. The summed E-state index contributed by atoms with van der Waals surface area (Å²) in [6, 6.07) is 15.1. The van der Waals surface area contributed by atoms with Crippen LogP contribution in [0.4, 0.5) is 26.9 Å². The van der Waals surface area contributed by atoms with Crippen molar-refractivity contribution in [3.63, 3.8) is 0 Å². The number of pyridine rings is 1. The Bertz CT molecular complexity index is 1510. The molecule has 0 radical (unpaired) electrons. The molecule has 2 heterocycles. The van der Waals surface area contributed by atoms with Gasteiger partial charge in [-0.05, 0) is 50.1 Å². The monoisotopic (exact) mass is 581 g/mol. The molecule has 0 aliphatic heterocycles. The Morgan fingerprint density at radius 2 is 1.73 bits per heavy atom. The molecule has 0 bridgehead atoms. The average molecular weight is 582 g/mol. The number of nitrogens with zero attached hydrogens (tertiary/aromatic N) is 3. The smallest absolute Gasteiger partial charge is 0.324 e. The molecular formula is C28H29Cl2N7O3. The normalized spacial score (nSPS) is 10.6. The zero-order chi connectivity index (χ0) is 28.6. The van der Waals surface area contributed by atoms with E-state index in [-0.39, 0.29) is 21.6 Å². The van der Waals surface area contributed by atoms with Crippen LogP contribution in [0.3, 0.4) is 0 Å². The van der Waals surface area contributed by atoms with E-state index < -0.39 is 12.1 Å². The van der Waals surface area contributed by atoms with Crippen molar-refractivity contribution < 1.29 is 14.3 Å². The summed E-state index contributed by atoms with van der Waals surface area (Å²) in [4.78, 5) is 28.6. The number of hydrogen-bond acceptors (Lipinski definition) is 5. The number of nitrogens with one attached hydrogen (secondary N) is 4. The average Bonchev–Trinajstić information content (AvgIpc) is 3.34. The van der Waals surface area contributed by atoms with Gasteiger partial charge in [-0.2, -0.15) is 5.10 Å². The number of urea groups is 2. The summed E-state index contributed by atoms with van der Waals surface area (Å²) in [6.45, 7) is 4.13. The highest BCUT2D eigenvalue weighted by molar-refractivity contribution is 6.45. The van der Waals surface area contributed by atoms with E-state index in [1.54, 1.807) is 22.9 Å². The number of ether oxygens (including phenoxy) is 1. The molecular weight excluding hydrogens is 553 g/mol. The van der Waals surface area contributed by atoms with Crippen molar-refractivity contribution in [1.29, 1.82) is 0 Å². The lowest BCUT2D eigenvalue weighted by molar-refractivity contribution is 0.254. The minimum atomic E-state index is -0.513. The van der Waals surface area contributed by atoms with Gasteiger partial charge in [0.25, 0.3) is 0 Å². The summed E-state index contributed by atoms with van der Waals surface area (Å²) in [5.74, 6) is 1.44. The van der Waals surface area contributed by atoms with Gasteiger partial charge >= 0.3 is 12.1 Å². The minimum absolute atomic E-state index is 0.0998. The van der Waals surface area contributed by atoms with Crippen LogP contribution in [0.25, 0.3) is 5.69 Å². The number of aromatic nitrogens is 3. The molecule has 0 aliphatic carbocycles. The molecule has 4 amide bonds. The second-order valence-electron chi connectivity index (χ2n) is 8.87. The Hall–Kier alpha value is -4.28. The number of carbonyl (C=O) groups excluding carboxylic acids is 2. The van der Waals surface area contributed by atoms with Gasteiger partial charge in [-0.3, -0.25) is 10.6 Å². The third-order valence-corrected chi connectivity index (χ3v) is 6.65. The number of carbonyl (C=O) groups is 2. The first-order valence-corrected chi connectivity index (χ1v) is 13.4. The lowest BCUT2D eigenvalue weighted by Gasteiger charge is -2.14. The molecule has 4 N–H and O–H groups in total. The van der Waals surface area contributed by atoms with Gasteiger partial charge < -0.3 is 15.4 Å². The fourth-order valence-electron chi connectivity index (χ4n) is 3.71. The molecule has 0 spiro atoms. The van der Waals surface area contributed by atoms with E-state index in [2.05, 4.69) is 33.2 Å². The molecule has 2 aromatic heterocycles. The van der Waals surface area contributed by atoms with Crippen LogP contribution in [0.2, 0.25) is 10.0 Å². The number of anilines is 3. The third kappa shape index (κ3) is 7.22. The number of halogens is 2. The highest BCUT2D eigenvalue weighted by Gasteiger charge is 2.17. The number of aryl methyl sites for hydroxylation is 2. The zero-order valence-electron chi connectivity index (χ0n) is 22.2. The Morgan fingerprint density at radius 1 is 0.950 bits per heavy atom. The molecule has 4 rings (SSSR count). The molecule has 2 aromatic carbocycles. The zero-order valence-corrected chi connectivity index (χ0v) is 23.7. The van der Waals surface area contributed by atoms with Crippen LogP contribution in [0.5, 0.6) is 11.5 Å². The molecule has 0 unspecified atom stereocenters. The second-order valence-corrected chi connectivity index (χ2v) is 9.63. The van der Waals surface area contributed by atoms with E-state index in [1.165, 1.54) is 19.3 Å². The van der Waals surface area contributed by atoms with E-state index >= 15 is 0 Å². The van der Waals surface area contributed by atoms with Crippen molar-refractivity contribution in [2.45, 2.75) is 33.1 Å². The van der Waals surface area contributed by atoms with Gasteiger partial charge in [0.1, 0.15) is 28.2 Å². The Balaban J connectivity index is 1.49. The number of hydrogen-bond donors (Lipinski definition) is 4. The van der Waals surface area contributed by atoms with Crippen LogP contribution < -0.4 is 26.0 Å². The van der Waals surface area contributed by atoms with E-state index in [1.807, 2.05) is 37.3 Å². The van der Waals surface area contributed by atoms with Crippen LogP contribution in [0.1, 0.15) is 31.0 Å². The van der Waals surface area contributed by atoms with E-state index in [0.29, 0.717) is 17.3 Å². The Morgan fingerprint density at radius 3 is 2.45 bits per heavy atom. The predicted octanol–water partition coefficient (Wildman–Crippen LogP) is 7.41. The van der Waals surface area contributed by atoms with Crippen LogP contribution in [-0.2, 0) is 6.42 Å². The standard InChI is InChI=1S/C28H29Cl2N7O3/c1-4-5-6-18-15-24(37(36-18)19-9-7-17(2)8-10-19)35-28(39)33-21-11-12-22(26(30)25(21)29)40-20-13-14-32-23(16-20)34-27(38)31-3/h7-16H,4-6H2,1-3H3,(H2,33,35,39)(H2,31,32,34,38). The highest BCUT2D eigenvalue weighted by Crippen LogP contribution is 2.39. The molecule has 40 heavy (non-hydrogen) atoms. The highest BCUT2D eigenvalue weighted by atomic mass is 35.5. The van der Waals surface area contributed by atoms with E-state index in [0.717, 1.165) is 36.2 Å². The van der Waals surface area contributed by atoms with Crippen molar-refractivity contribution in [2.75, 3.05) is 23.0 Å². The maximum Gasteiger partial charge on any atom is 0.324 e. The van der Waals surface area contributed by atoms with Gasteiger partial charge in [0.15, 0.2) is 0 Å². The van der Waals surface area contributed by atoms with Gasteiger partial charge in [0.2, 0.25) is 0 Å². The van der Waals surface area contributed by atoms with Gasteiger partial charge in [-0.25, -0.2) is 19.3 Å². The van der Waals surface area contributed by atoms with Crippen molar-refractivity contribution in [1.82, 2.24) is 20.1 Å². The maximum absolute atomic E-state index is 13.0. The molecule has 4 aromatic rings. The van der Waals surface area contributed by atoms with Crippen molar-refractivity contribution >= 4 is 52.6 Å². The quantitative estimate of drug-likeness (QED) is 0.164. The number of benzene rings is 2. The first kappa shape index (κ1) is 28.7. The van der Waals surface area contributed by atoms with Gasteiger partial charge in [0.05, 0.1) is 22.1 Å². The fourth-order valence-corrected chi connectivity index (χ4v) is 4.11. The SMILES string of the molecule is CCCCc1cc(NC(=O)Nc2ccc(Oc3ccnc(NC(=O)NC)c3)c(Cl)c2Cl)n(-c2ccc(C)cc2)n1. The number of rotatable bonds is 9. The maximum atomic E-state index is 13.0. The summed E-state index contributed by atoms with van der Waals surface area (Å²) in [6.07, 6.45) is 4.31. The fraction of sp³-hybridized carbons (Fsp3) is 0.214. The summed E-state index contributed by atoms with van der Waals surface area (Å²) >= 11 is 13.0. The van der Waals surface area contributed by atoms with Crippen LogP contribution in [0, 0.1) is 6.92 Å². The predicted molar refractivity (Wildman–Crippen MR) is 158 cm³/mol. The molecule has 0 saturated carbocycles. The first-order valence-electron chi connectivity index (χ1n) is 12.6. The van der Waals surface area contributed by atoms with Gasteiger partial charge in [-0.15, -0.1) is 0 Å². The van der Waals surface area contributed by atoms with Crippen molar-refractivity contribution in [3.8, 4) is 17.2 Å². The molecule has 0 aliphatic rings. The largest absolute Gasteiger partial charge is 0.456 e. The molecule has 0 saturated heterocycles. The first-order chi connectivity index (χ1) is 19.3. The summed E-state index contributed by atoms with van der Waals surface area (Å²) in [7, 11) is 1.50. The van der Waals surface area contributed by atoms with Crippen molar-refractivity contribution in [3.05, 3.63) is 82.1 Å². The third-order valence-electron chi connectivity index (χ3n) is 5.79. The second kappa shape index (κ2) is 13.2. The topological polar surface area (TPSA) is 122 Å². The minimum Gasteiger partial charge on any atom is -0.456 e. The summed E-state index contributed by atoms with van der Waals surface area (Å²) in [5, 5.41) is 15.5. The van der Waals surface area contributed by atoms with Gasteiger partial charge in [-0.1, -0.05) is 54.2 Å². The summed E-state index contributed by atoms with van der Waals surface area (Å²) < 4.78 is 7.55. The number of amides is 4. The lowest BCUT2D eigenvalue weighted by Crippen LogP contribution is -2.24. The van der Waals surface area contributed by atoms with E-state index in [9.17, 15) is 9.59 Å². The van der Waals surface area contributed by atoms with Crippen molar-refractivity contribution in [2.24, 2.45) is 0 Å². The molecule has 10 nitrogen and oxygen atoms in total. The Labute approximate surface area is 242 Å². The van der Waals surface area contributed by atoms with Crippen LogP contribution >= 0.6 is 23.2 Å². The molecule has 208 valence electrons.